The first-order valence-corrected chi connectivity index (χ1v) is 5.86. The molecule has 4 heteroatoms. The lowest BCUT2D eigenvalue weighted by Gasteiger charge is -2.10. The van der Waals surface area contributed by atoms with E-state index < -0.39 is 5.97 Å². The zero-order valence-corrected chi connectivity index (χ0v) is 10.6. The van der Waals surface area contributed by atoms with Gasteiger partial charge in [-0.3, -0.25) is 0 Å². The summed E-state index contributed by atoms with van der Waals surface area (Å²) in [6, 6.07) is 10.4. The third kappa shape index (κ3) is 2.74. The molecular formula is C15H15NO3. The first kappa shape index (κ1) is 13.1. The predicted molar refractivity (Wildman–Crippen MR) is 73.9 cm³/mol. The number of aliphatic hydroxyl groups is 1. The molecule has 0 heterocycles. The van der Waals surface area contributed by atoms with Crippen molar-refractivity contribution < 1.29 is 15.0 Å². The van der Waals surface area contributed by atoms with E-state index in [1.54, 1.807) is 12.1 Å². The van der Waals surface area contributed by atoms with Gasteiger partial charge in [0.1, 0.15) is 0 Å². The molecular weight excluding hydrogens is 242 g/mol. The van der Waals surface area contributed by atoms with Crippen LogP contribution in [-0.4, -0.2) is 16.2 Å². The maximum Gasteiger partial charge on any atom is 0.335 e. The fourth-order valence-electron chi connectivity index (χ4n) is 2.01. The van der Waals surface area contributed by atoms with Crippen LogP contribution in [0.5, 0.6) is 0 Å². The largest absolute Gasteiger partial charge is 0.478 e. The van der Waals surface area contributed by atoms with Gasteiger partial charge in [-0.15, -0.1) is 0 Å². The molecule has 0 atom stereocenters. The van der Waals surface area contributed by atoms with Gasteiger partial charge >= 0.3 is 5.97 Å². The van der Waals surface area contributed by atoms with Crippen LogP contribution in [0.15, 0.2) is 36.4 Å². The average Bonchev–Trinajstić information content (AvgIpc) is 2.38. The zero-order valence-electron chi connectivity index (χ0n) is 10.6. The number of aromatic carboxylic acids is 1. The molecule has 0 unspecified atom stereocenters. The molecule has 0 aromatic heterocycles. The van der Waals surface area contributed by atoms with Crippen LogP contribution < -0.4 is 5.73 Å². The Bertz CT molecular complexity index is 635. The minimum absolute atomic E-state index is 0.140. The maximum atomic E-state index is 11.1. The lowest BCUT2D eigenvalue weighted by atomic mass is 9.98. The van der Waals surface area contributed by atoms with E-state index in [2.05, 4.69) is 0 Å². The highest BCUT2D eigenvalue weighted by Gasteiger charge is 2.10. The highest BCUT2D eigenvalue weighted by molar-refractivity contribution is 5.91. The number of carboxylic acids is 1. The summed E-state index contributed by atoms with van der Waals surface area (Å²) in [5.41, 5.74) is 9.74. The Morgan fingerprint density at radius 3 is 2.53 bits per heavy atom. The highest BCUT2D eigenvalue weighted by atomic mass is 16.4. The van der Waals surface area contributed by atoms with Crippen molar-refractivity contribution in [2.24, 2.45) is 0 Å². The number of hydrogen-bond donors (Lipinski definition) is 3. The Morgan fingerprint density at radius 1 is 1.21 bits per heavy atom. The maximum absolute atomic E-state index is 11.1. The molecule has 0 fully saturated rings. The molecule has 2 aromatic carbocycles. The summed E-state index contributed by atoms with van der Waals surface area (Å²) in [5, 5.41) is 18.3. The number of benzene rings is 2. The monoisotopic (exact) mass is 257 g/mol. The molecule has 0 aliphatic carbocycles. The molecule has 0 saturated heterocycles. The van der Waals surface area contributed by atoms with E-state index >= 15 is 0 Å². The van der Waals surface area contributed by atoms with E-state index in [1.165, 1.54) is 6.07 Å². The molecule has 0 amide bonds. The van der Waals surface area contributed by atoms with Crippen LogP contribution in [0, 0.1) is 6.92 Å². The SMILES string of the molecule is Cc1ccc(-c2cc(CO)cc(C(=O)O)c2)c(N)c1. The predicted octanol–water partition coefficient (Wildman–Crippen LogP) is 2.43. The number of carboxylic acid groups (broad SMARTS) is 1. The van der Waals surface area contributed by atoms with E-state index in [9.17, 15) is 9.90 Å². The van der Waals surface area contributed by atoms with Crippen molar-refractivity contribution in [3.8, 4) is 11.1 Å². The second-order valence-corrected chi connectivity index (χ2v) is 4.47. The molecule has 0 aliphatic rings. The lowest BCUT2D eigenvalue weighted by Crippen LogP contribution is -2.00. The molecule has 2 rings (SSSR count). The van der Waals surface area contributed by atoms with Gasteiger partial charge in [0.15, 0.2) is 0 Å². The molecule has 0 spiro atoms. The third-order valence-electron chi connectivity index (χ3n) is 2.94. The minimum atomic E-state index is -1.03. The van der Waals surface area contributed by atoms with Gasteiger partial charge in [-0.25, -0.2) is 4.79 Å². The van der Waals surface area contributed by atoms with Crippen LogP contribution in [0.25, 0.3) is 11.1 Å². The van der Waals surface area contributed by atoms with Crippen molar-refractivity contribution in [1.29, 1.82) is 0 Å². The summed E-state index contributed by atoms with van der Waals surface area (Å²) in [6.07, 6.45) is 0. The standard InChI is InChI=1S/C15H15NO3/c1-9-2-3-13(14(16)4-9)11-5-10(8-17)6-12(7-11)15(18)19/h2-7,17H,8,16H2,1H3,(H,18,19). The van der Waals surface area contributed by atoms with E-state index in [-0.39, 0.29) is 12.2 Å². The fraction of sp³-hybridized carbons (Fsp3) is 0.133. The van der Waals surface area contributed by atoms with Crippen molar-refractivity contribution in [2.45, 2.75) is 13.5 Å². The van der Waals surface area contributed by atoms with Gasteiger partial charge in [0.2, 0.25) is 0 Å². The van der Waals surface area contributed by atoms with Crippen molar-refractivity contribution in [3.63, 3.8) is 0 Å². The summed E-state index contributed by atoms with van der Waals surface area (Å²) < 4.78 is 0. The number of carbonyl (C=O) groups is 1. The van der Waals surface area contributed by atoms with Crippen molar-refractivity contribution in [2.75, 3.05) is 5.73 Å². The number of anilines is 1. The summed E-state index contributed by atoms with van der Waals surface area (Å²) in [7, 11) is 0. The van der Waals surface area contributed by atoms with Crippen LogP contribution in [0.2, 0.25) is 0 Å². The normalized spacial score (nSPS) is 10.4. The van der Waals surface area contributed by atoms with Crippen LogP contribution in [0.1, 0.15) is 21.5 Å². The quantitative estimate of drug-likeness (QED) is 0.737. The van der Waals surface area contributed by atoms with Crippen molar-refractivity contribution in [1.82, 2.24) is 0 Å². The number of aliphatic hydroxyl groups excluding tert-OH is 1. The molecule has 4 N–H and O–H groups in total. The summed E-state index contributed by atoms with van der Waals surface area (Å²) in [6.45, 7) is 1.73. The summed E-state index contributed by atoms with van der Waals surface area (Å²) in [5.74, 6) is -1.03. The molecule has 0 bridgehead atoms. The number of aryl methyl sites for hydroxylation is 1. The molecule has 2 aromatic rings. The smallest absolute Gasteiger partial charge is 0.335 e. The Labute approximate surface area is 111 Å². The van der Waals surface area contributed by atoms with Gasteiger partial charge in [0.05, 0.1) is 12.2 Å². The number of rotatable bonds is 3. The lowest BCUT2D eigenvalue weighted by molar-refractivity contribution is 0.0696. The third-order valence-corrected chi connectivity index (χ3v) is 2.94. The van der Waals surface area contributed by atoms with Crippen LogP contribution in [-0.2, 0) is 6.61 Å². The number of hydrogen-bond acceptors (Lipinski definition) is 3. The Hall–Kier alpha value is -2.33. The topological polar surface area (TPSA) is 83.5 Å². The highest BCUT2D eigenvalue weighted by Crippen LogP contribution is 2.28. The second kappa shape index (κ2) is 5.12. The molecule has 98 valence electrons. The van der Waals surface area contributed by atoms with Crippen molar-refractivity contribution in [3.05, 3.63) is 53.1 Å². The Kier molecular flexibility index (Phi) is 3.53. The molecule has 4 nitrogen and oxygen atoms in total. The van der Waals surface area contributed by atoms with Gasteiger partial charge in [-0.1, -0.05) is 12.1 Å². The summed E-state index contributed by atoms with van der Waals surface area (Å²) >= 11 is 0. The first-order valence-electron chi connectivity index (χ1n) is 5.86. The Morgan fingerprint density at radius 2 is 1.95 bits per heavy atom. The summed E-state index contributed by atoms with van der Waals surface area (Å²) in [4.78, 5) is 11.1. The van der Waals surface area contributed by atoms with E-state index in [4.69, 9.17) is 10.8 Å². The number of nitrogens with two attached hydrogens (primary N) is 1. The molecule has 0 saturated carbocycles. The van der Waals surface area contributed by atoms with E-state index in [1.807, 2.05) is 25.1 Å². The average molecular weight is 257 g/mol. The number of nitrogen functional groups attached to an aromatic ring is 1. The van der Waals surface area contributed by atoms with Gasteiger partial charge in [-0.2, -0.15) is 0 Å². The van der Waals surface area contributed by atoms with Gasteiger partial charge in [0, 0.05) is 11.3 Å². The van der Waals surface area contributed by atoms with Gasteiger partial charge in [0.25, 0.3) is 0 Å². The fourth-order valence-corrected chi connectivity index (χ4v) is 2.01. The van der Waals surface area contributed by atoms with E-state index in [0.29, 0.717) is 16.8 Å². The second-order valence-electron chi connectivity index (χ2n) is 4.47. The molecule has 19 heavy (non-hydrogen) atoms. The van der Waals surface area contributed by atoms with Crippen molar-refractivity contribution >= 4 is 11.7 Å². The molecule has 0 aliphatic heterocycles. The van der Waals surface area contributed by atoms with E-state index in [0.717, 1.165) is 11.1 Å². The minimum Gasteiger partial charge on any atom is -0.478 e. The van der Waals surface area contributed by atoms with Crippen LogP contribution in [0.3, 0.4) is 0 Å². The molecule has 0 radical (unpaired) electrons. The van der Waals surface area contributed by atoms with Crippen LogP contribution >= 0.6 is 0 Å². The first-order chi connectivity index (χ1) is 9.01. The van der Waals surface area contributed by atoms with Gasteiger partial charge < -0.3 is 15.9 Å². The van der Waals surface area contributed by atoms with Crippen LogP contribution in [0.4, 0.5) is 5.69 Å². The van der Waals surface area contributed by atoms with Gasteiger partial charge in [-0.05, 0) is 47.9 Å². The Balaban J connectivity index is 2.60. The zero-order chi connectivity index (χ0) is 14.0.